The molecule has 5 heteroatoms. The van der Waals surface area contributed by atoms with Gasteiger partial charge < -0.3 is 5.73 Å². The van der Waals surface area contributed by atoms with Crippen LogP contribution in [0, 0.1) is 0 Å². The van der Waals surface area contributed by atoms with Gasteiger partial charge in [-0.05, 0) is 13.8 Å². The first kappa shape index (κ1) is 11.5. The number of carbonyl (C=O) groups excluding carboxylic acids is 1. The summed E-state index contributed by atoms with van der Waals surface area (Å²) >= 11 is 0. The molecule has 0 aromatic carbocycles. The van der Waals surface area contributed by atoms with Gasteiger partial charge in [-0.25, -0.2) is 5.48 Å². The molecule has 0 unspecified atom stereocenters. The highest BCUT2D eigenvalue weighted by Crippen LogP contribution is 1.93. The molecule has 0 bridgehead atoms. The smallest absolute Gasteiger partial charge is 0.262 e. The highest BCUT2D eigenvalue weighted by atomic mass is 35.5. The maximum Gasteiger partial charge on any atom is 0.262 e. The van der Waals surface area contributed by atoms with Gasteiger partial charge in [-0.2, -0.15) is 0 Å². The Morgan fingerprint density at radius 2 is 2.00 bits per heavy atom. The van der Waals surface area contributed by atoms with Crippen molar-refractivity contribution in [2.45, 2.75) is 19.4 Å². The first-order chi connectivity index (χ1) is 3.48. The molecule has 0 saturated carbocycles. The van der Waals surface area contributed by atoms with E-state index in [1.807, 2.05) is 0 Å². The van der Waals surface area contributed by atoms with E-state index in [9.17, 15) is 4.79 Å². The van der Waals surface area contributed by atoms with Crippen LogP contribution in [0.1, 0.15) is 13.8 Å². The molecule has 0 saturated heterocycles. The highest BCUT2D eigenvalue weighted by Gasteiger charge is 2.20. The van der Waals surface area contributed by atoms with Crippen LogP contribution in [0.5, 0.6) is 0 Å². The molecule has 0 fully saturated rings. The molecule has 0 rings (SSSR count). The number of hydrogen-bond acceptors (Lipinski definition) is 3. The number of nitrogens with one attached hydrogen (secondary N) is 1. The average molecular weight is 155 g/mol. The Labute approximate surface area is 59.8 Å². The number of carbonyl (C=O) groups is 1. The molecule has 0 heterocycles. The molecule has 0 radical (unpaired) electrons. The normalized spacial score (nSPS) is 9.78. The summed E-state index contributed by atoms with van der Waals surface area (Å²) in [6.07, 6.45) is 0. The Kier molecular flexibility index (Phi) is 4.66. The SMILES string of the molecule is CC(C)(N)C(=O)NO.Cl. The molecule has 4 N–H and O–H groups in total. The van der Waals surface area contributed by atoms with Crippen molar-refractivity contribution in [2.75, 3.05) is 0 Å². The summed E-state index contributed by atoms with van der Waals surface area (Å²) in [6, 6.07) is 0. The number of nitrogens with two attached hydrogens (primary N) is 1. The summed E-state index contributed by atoms with van der Waals surface area (Å²) in [5.74, 6) is -0.586. The fourth-order valence-electron chi connectivity index (χ4n) is 0.144. The first-order valence-corrected chi connectivity index (χ1v) is 2.22. The number of rotatable bonds is 1. The first-order valence-electron chi connectivity index (χ1n) is 2.22. The zero-order valence-corrected chi connectivity index (χ0v) is 6.16. The fraction of sp³-hybridized carbons (Fsp3) is 0.750. The molecule has 4 nitrogen and oxygen atoms in total. The van der Waals surface area contributed by atoms with Crippen LogP contribution in [0.3, 0.4) is 0 Å². The number of hydroxylamine groups is 1. The van der Waals surface area contributed by atoms with Crippen molar-refractivity contribution in [3.8, 4) is 0 Å². The lowest BCUT2D eigenvalue weighted by Crippen LogP contribution is -2.47. The second-order valence-corrected chi connectivity index (χ2v) is 2.16. The van der Waals surface area contributed by atoms with Gasteiger partial charge in [0.15, 0.2) is 0 Å². The molecule has 0 aliphatic rings. The molecular formula is C4H11ClN2O2. The lowest BCUT2D eigenvalue weighted by Gasteiger charge is -2.13. The summed E-state index contributed by atoms with van der Waals surface area (Å²) in [4.78, 5) is 10.3. The third-order valence-corrected chi connectivity index (χ3v) is 0.687. The lowest BCUT2D eigenvalue weighted by molar-refractivity contribution is -0.133. The fourth-order valence-corrected chi connectivity index (χ4v) is 0.144. The molecular weight excluding hydrogens is 144 g/mol. The molecule has 0 aliphatic heterocycles. The molecule has 0 aromatic heterocycles. The van der Waals surface area contributed by atoms with E-state index in [1.165, 1.54) is 19.3 Å². The standard InChI is InChI=1S/C4H10N2O2.ClH/c1-4(2,5)3(7)6-8;/h8H,5H2,1-2H3,(H,6,7);1H. The van der Waals surface area contributed by atoms with Gasteiger partial charge in [0.05, 0.1) is 5.54 Å². The van der Waals surface area contributed by atoms with Gasteiger partial charge in [-0.1, -0.05) is 0 Å². The van der Waals surface area contributed by atoms with E-state index in [2.05, 4.69) is 0 Å². The van der Waals surface area contributed by atoms with E-state index < -0.39 is 11.4 Å². The van der Waals surface area contributed by atoms with Crippen LogP contribution in [-0.4, -0.2) is 16.7 Å². The van der Waals surface area contributed by atoms with Gasteiger partial charge in [0.1, 0.15) is 0 Å². The number of amides is 1. The quantitative estimate of drug-likeness (QED) is 0.357. The van der Waals surface area contributed by atoms with Gasteiger partial charge in [-0.3, -0.25) is 10.0 Å². The van der Waals surface area contributed by atoms with E-state index in [0.29, 0.717) is 0 Å². The van der Waals surface area contributed by atoms with Crippen molar-refractivity contribution in [3.63, 3.8) is 0 Å². The van der Waals surface area contributed by atoms with E-state index >= 15 is 0 Å². The minimum atomic E-state index is -0.991. The number of hydrogen-bond donors (Lipinski definition) is 3. The van der Waals surface area contributed by atoms with Gasteiger partial charge in [-0.15, -0.1) is 12.4 Å². The Bertz CT molecular complexity index is 99.2. The summed E-state index contributed by atoms with van der Waals surface area (Å²) in [6.45, 7) is 3.00. The number of halogens is 1. The zero-order valence-electron chi connectivity index (χ0n) is 5.34. The minimum absolute atomic E-state index is 0. The van der Waals surface area contributed by atoms with Crippen LogP contribution in [0.15, 0.2) is 0 Å². The van der Waals surface area contributed by atoms with Gasteiger partial charge in [0, 0.05) is 0 Å². The van der Waals surface area contributed by atoms with Crippen molar-refractivity contribution in [1.29, 1.82) is 0 Å². The summed E-state index contributed by atoms with van der Waals surface area (Å²) < 4.78 is 0. The monoisotopic (exact) mass is 154 g/mol. The van der Waals surface area contributed by atoms with Crippen molar-refractivity contribution in [2.24, 2.45) is 5.73 Å². The van der Waals surface area contributed by atoms with E-state index in [-0.39, 0.29) is 12.4 Å². The van der Waals surface area contributed by atoms with Crippen LogP contribution >= 0.6 is 12.4 Å². The molecule has 9 heavy (non-hydrogen) atoms. The second kappa shape index (κ2) is 3.66. The van der Waals surface area contributed by atoms with Crippen molar-refractivity contribution in [1.82, 2.24) is 5.48 Å². The van der Waals surface area contributed by atoms with E-state index in [0.717, 1.165) is 0 Å². The summed E-state index contributed by atoms with van der Waals surface area (Å²) in [5.41, 5.74) is 5.67. The predicted octanol–water partition coefficient (Wildman–Crippen LogP) is -0.349. The van der Waals surface area contributed by atoms with Crippen molar-refractivity contribution < 1.29 is 10.0 Å². The van der Waals surface area contributed by atoms with Crippen LogP contribution in [-0.2, 0) is 4.79 Å². The predicted molar refractivity (Wildman–Crippen MR) is 35.4 cm³/mol. The van der Waals surface area contributed by atoms with Crippen molar-refractivity contribution >= 4 is 18.3 Å². The molecule has 1 amide bonds. The lowest BCUT2D eigenvalue weighted by atomic mass is 10.1. The van der Waals surface area contributed by atoms with Crippen LogP contribution in [0.2, 0.25) is 0 Å². The third kappa shape index (κ3) is 4.20. The van der Waals surface area contributed by atoms with Crippen LogP contribution in [0.4, 0.5) is 0 Å². The Morgan fingerprint density at radius 3 is 2.00 bits per heavy atom. The highest BCUT2D eigenvalue weighted by molar-refractivity contribution is 5.85. The van der Waals surface area contributed by atoms with Crippen LogP contribution in [0.25, 0.3) is 0 Å². The van der Waals surface area contributed by atoms with Crippen LogP contribution < -0.4 is 11.2 Å². The zero-order chi connectivity index (χ0) is 6.78. The Morgan fingerprint density at radius 1 is 1.67 bits per heavy atom. The summed E-state index contributed by atoms with van der Waals surface area (Å²) in [5, 5.41) is 7.99. The second-order valence-electron chi connectivity index (χ2n) is 2.16. The largest absolute Gasteiger partial charge is 0.318 e. The van der Waals surface area contributed by atoms with Crippen molar-refractivity contribution in [3.05, 3.63) is 0 Å². The molecule has 0 aliphatic carbocycles. The Balaban J connectivity index is 0. The molecule has 0 spiro atoms. The molecule has 0 atom stereocenters. The Hall–Kier alpha value is -0.320. The minimum Gasteiger partial charge on any atom is -0.318 e. The van der Waals surface area contributed by atoms with E-state index in [1.54, 1.807) is 0 Å². The molecule has 0 aromatic rings. The molecule has 56 valence electrons. The maximum absolute atomic E-state index is 10.3. The van der Waals surface area contributed by atoms with Gasteiger partial charge in [0.25, 0.3) is 5.91 Å². The van der Waals surface area contributed by atoms with Gasteiger partial charge in [0.2, 0.25) is 0 Å². The average Bonchev–Trinajstić information content (AvgIpc) is 1.62. The topological polar surface area (TPSA) is 75.4 Å². The maximum atomic E-state index is 10.3. The van der Waals surface area contributed by atoms with E-state index in [4.69, 9.17) is 10.9 Å². The van der Waals surface area contributed by atoms with Gasteiger partial charge >= 0.3 is 0 Å². The third-order valence-electron chi connectivity index (χ3n) is 0.687. The summed E-state index contributed by atoms with van der Waals surface area (Å²) in [7, 11) is 0.